The van der Waals surface area contributed by atoms with Gasteiger partial charge >= 0.3 is 0 Å². The molecular weight excluding hydrogens is 354 g/mol. The van der Waals surface area contributed by atoms with Crippen LogP contribution in [0.5, 0.6) is 5.75 Å². The second kappa shape index (κ2) is 8.34. The van der Waals surface area contributed by atoms with Crippen LogP contribution >= 0.6 is 15.9 Å². The zero-order valence-electron chi connectivity index (χ0n) is 14.1. The first-order chi connectivity index (χ1) is 11.1. The highest BCUT2D eigenvalue weighted by atomic mass is 79.9. The molecule has 0 saturated carbocycles. The quantitative estimate of drug-likeness (QED) is 0.693. The van der Waals surface area contributed by atoms with Gasteiger partial charge in [-0.15, -0.1) is 0 Å². The van der Waals surface area contributed by atoms with Crippen molar-refractivity contribution in [2.45, 2.75) is 33.1 Å². The second-order valence-corrected chi connectivity index (χ2v) is 6.59. The monoisotopic (exact) mass is 377 g/mol. The number of halogens is 1. The third-order valence-electron chi connectivity index (χ3n) is 3.94. The molecule has 0 radical (unpaired) electrons. The fourth-order valence-electron chi connectivity index (χ4n) is 2.88. The largest absolute Gasteiger partial charge is 0.496 e. The number of rotatable bonds is 7. The number of ether oxygens (including phenoxy) is 1. The van der Waals surface area contributed by atoms with Crippen LogP contribution in [0.2, 0.25) is 0 Å². The molecule has 0 heterocycles. The Morgan fingerprint density at radius 1 is 1.13 bits per heavy atom. The van der Waals surface area contributed by atoms with Crippen molar-refractivity contribution in [2.24, 2.45) is 0 Å². The Morgan fingerprint density at radius 2 is 1.83 bits per heavy atom. The number of fused-ring (bicyclic) bond motifs is 1. The van der Waals surface area contributed by atoms with E-state index in [0.29, 0.717) is 6.42 Å². The van der Waals surface area contributed by atoms with Gasteiger partial charge in [-0.05, 0) is 41.8 Å². The van der Waals surface area contributed by atoms with Gasteiger partial charge in [-0.1, -0.05) is 41.9 Å². The van der Waals surface area contributed by atoms with Crippen molar-refractivity contribution in [2.75, 3.05) is 20.2 Å². The Bertz CT molecular complexity index is 678. The maximum absolute atomic E-state index is 12.7. The van der Waals surface area contributed by atoms with Gasteiger partial charge in [0.1, 0.15) is 5.75 Å². The van der Waals surface area contributed by atoms with Gasteiger partial charge < -0.3 is 9.64 Å². The molecular formula is C19H24BrNO2. The highest BCUT2D eigenvalue weighted by molar-refractivity contribution is 9.10. The number of nitrogens with zero attached hydrogens (tertiary/aromatic N) is 1. The van der Waals surface area contributed by atoms with E-state index >= 15 is 0 Å². The Balaban J connectivity index is 2.38. The molecule has 0 N–H and O–H groups in total. The normalized spacial score (nSPS) is 10.8. The number of methoxy groups -OCH3 is 1. The van der Waals surface area contributed by atoms with Crippen molar-refractivity contribution in [1.82, 2.24) is 4.90 Å². The lowest BCUT2D eigenvalue weighted by molar-refractivity contribution is -0.130. The Morgan fingerprint density at radius 3 is 2.43 bits per heavy atom. The maximum Gasteiger partial charge on any atom is 0.227 e. The average Bonchev–Trinajstić information content (AvgIpc) is 2.54. The topological polar surface area (TPSA) is 29.5 Å². The average molecular weight is 378 g/mol. The van der Waals surface area contributed by atoms with Crippen LogP contribution in [-0.4, -0.2) is 31.0 Å². The van der Waals surface area contributed by atoms with E-state index in [-0.39, 0.29) is 5.91 Å². The molecule has 0 aliphatic rings. The molecule has 4 heteroatoms. The summed E-state index contributed by atoms with van der Waals surface area (Å²) in [6.45, 7) is 5.83. The summed E-state index contributed by atoms with van der Waals surface area (Å²) in [6.07, 6.45) is 2.33. The molecule has 0 atom stereocenters. The molecule has 0 spiro atoms. The Labute approximate surface area is 146 Å². The zero-order valence-corrected chi connectivity index (χ0v) is 15.6. The molecule has 124 valence electrons. The number of carbonyl (C=O) groups excluding carboxylic acids is 1. The molecule has 2 aromatic carbocycles. The van der Waals surface area contributed by atoms with Crippen molar-refractivity contribution in [1.29, 1.82) is 0 Å². The van der Waals surface area contributed by atoms with Crippen molar-refractivity contribution in [3.8, 4) is 5.75 Å². The lowest BCUT2D eigenvalue weighted by Crippen LogP contribution is -2.33. The molecule has 2 rings (SSSR count). The summed E-state index contributed by atoms with van der Waals surface area (Å²) < 4.78 is 6.54. The first-order valence-corrected chi connectivity index (χ1v) is 8.92. The lowest BCUT2D eigenvalue weighted by Gasteiger charge is -2.22. The van der Waals surface area contributed by atoms with Gasteiger partial charge in [0.05, 0.1) is 13.5 Å². The van der Waals surface area contributed by atoms with E-state index in [1.807, 2.05) is 23.1 Å². The summed E-state index contributed by atoms with van der Waals surface area (Å²) >= 11 is 3.50. The molecule has 0 aliphatic heterocycles. The van der Waals surface area contributed by atoms with Crippen molar-refractivity contribution in [3.05, 3.63) is 40.4 Å². The summed E-state index contributed by atoms with van der Waals surface area (Å²) in [5.41, 5.74) is 0.972. The molecule has 1 amide bonds. The number of carbonyl (C=O) groups is 1. The van der Waals surface area contributed by atoms with E-state index in [4.69, 9.17) is 4.74 Å². The van der Waals surface area contributed by atoms with Crippen LogP contribution in [0.1, 0.15) is 32.3 Å². The number of hydrogen-bond donors (Lipinski definition) is 0. The number of amides is 1. The van der Waals surface area contributed by atoms with Crippen LogP contribution in [-0.2, 0) is 11.2 Å². The van der Waals surface area contributed by atoms with Crippen LogP contribution in [0.15, 0.2) is 34.8 Å². The molecule has 0 bridgehead atoms. The highest BCUT2D eigenvalue weighted by Crippen LogP contribution is 2.30. The zero-order chi connectivity index (χ0) is 16.8. The molecule has 0 aliphatic carbocycles. The smallest absolute Gasteiger partial charge is 0.227 e. The summed E-state index contributed by atoms with van der Waals surface area (Å²) in [5.74, 6) is 0.948. The van der Waals surface area contributed by atoms with Gasteiger partial charge in [0.15, 0.2) is 0 Å². The predicted molar refractivity (Wildman–Crippen MR) is 99.1 cm³/mol. The molecule has 3 nitrogen and oxygen atoms in total. The minimum absolute atomic E-state index is 0.169. The van der Waals surface area contributed by atoms with Crippen LogP contribution < -0.4 is 4.74 Å². The SMILES string of the molecule is CCCN(CCC)C(=O)Cc1c(OC)ccc2cc(Br)ccc12. The molecule has 0 unspecified atom stereocenters. The second-order valence-electron chi connectivity index (χ2n) is 5.67. The van der Waals surface area contributed by atoms with Crippen LogP contribution in [0.4, 0.5) is 0 Å². The van der Waals surface area contributed by atoms with E-state index in [2.05, 4.69) is 41.9 Å². The molecule has 23 heavy (non-hydrogen) atoms. The lowest BCUT2D eigenvalue weighted by atomic mass is 10.0. The summed E-state index contributed by atoms with van der Waals surface area (Å²) in [4.78, 5) is 14.7. The van der Waals surface area contributed by atoms with Crippen LogP contribution in [0.3, 0.4) is 0 Å². The van der Waals surface area contributed by atoms with E-state index in [1.165, 1.54) is 0 Å². The highest BCUT2D eigenvalue weighted by Gasteiger charge is 2.17. The van der Waals surface area contributed by atoms with Gasteiger partial charge in [0.25, 0.3) is 0 Å². The van der Waals surface area contributed by atoms with E-state index in [0.717, 1.165) is 52.5 Å². The minimum atomic E-state index is 0.169. The van der Waals surface area contributed by atoms with E-state index < -0.39 is 0 Å². The van der Waals surface area contributed by atoms with Gasteiger partial charge in [0, 0.05) is 23.1 Å². The van der Waals surface area contributed by atoms with E-state index in [9.17, 15) is 4.79 Å². The fraction of sp³-hybridized carbons (Fsp3) is 0.421. The predicted octanol–water partition coefficient (Wildman–Crippen LogP) is 4.80. The third-order valence-corrected chi connectivity index (χ3v) is 4.43. The van der Waals surface area contributed by atoms with Crippen molar-refractivity contribution >= 4 is 32.6 Å². The summed E-state index contributed by atoms with van der Waals surface area (Å²) in [6, 6.07) is 10.1. The van der Waals surface area contributed by atoms with Gasteiger partial charge in [-0.25, -0.2) is 0 Å². The number of hydrogen-bond acceptors (Lipinski definition) is 2. The first kappa shape index (κ1) is 17.8. The Kier molecular flexibility index (Phi) is 6.46. The maximum atomic E-state index is 12.7. The Hall–Kier alpha value is -1.55. The van der Waals surface area contributed by atoms with Crippen molar-refractivity contribution in [3.63, 3.8) is 0 Å². The molecule has 0 saturated heterocycles. The van der Waals surface area contributed by atoms with Gasteiger partial charge in [-0.3, -0.25) is 4.79 Å². The van der Waals surface area contributed by atoms with Gasteiger partial charge in [0.2, 0.25) is 5.91 Å². The first-order valence-electron chi connectivity index (χ1n) is 8.13. The molecule has 0 aromatic heterocycles. The fourth-order valence-corrected chi connectivity index (χ4v) is 3.26. The summed E-state index contributed by atoms with van der Waals surface area (Å²) in [7, 11) is 1.66. The number of benzene rings is 2. The summed E-state index contributed by atoms with van der Waals surface area (Å²) in [5, 5.41) is 2.19. The molecule has 2 aromatic rings. The van der Waals surface area contributed by atoms with Crippen LogP contribution in [0, 0.1) is 0 Å². The van der Waals surface area contributed by atoms with Crippen LogP contribution in [0.25, 0.3) is 10.8 Å². The van der Waals surface area contributed by atoms with E-state index in [1.54, 1.807) is 7.11 Å². The minimum Gasteiger partial charge on any atom is -0.496 e. The van der Waals surface area contributed by atoms with Crippen molar-refractivity contribution < 1.29 is 9.53 Å². The standard InChI is InChI=1S/C19H24BrNO2/c1-4-10-21(11-5-2)19(22)13-17-16-8-7-15(20)12-14(16)6-9-18(17)23-3/h6-9,12H,4-5,10-11,13H2,1-3H3. The molecule has 0 fully saturated rings. The third kappa shape index (κ3) is 4.25. The van der Waals surface area contributed by atoms with Gasteiger partial charge in [-0.2, -0.15) is 0 Å².